The van der Waals surface area contributed by atoms with Gasteiger partial charge in [0.25, 0.3) is 0 Å². The van der Waals surface area contributed by atoms with Crippen LogP contribution < -0.4 is 5.73 Å². The van der Waals surface area contributed by atoms with Crippen molar-refractivity contribution >= 4 is 0 Å². The maximum atomic E-state index is 6.15. The number of aromatic nitrogens is 2. The highest BCUT2D eigenvalue weighted by molar-refractivity contribution is 5.14. The van der Waals surface area contributed by atoms with Gasteiger partial charge >= 0.3 is 0 Å². The van der Waals surface area contributed by atoms with Gasteiger partial charge in [0, 0.05) is 24.9 Å². The molecule has 15 heavy (non-hydrogen) atoms. The van der Waals surface area contributed by atoms with Crippen LogP contribution in [-0.4, -0.2) is 22.0 Å². The highest BCUT2D eigenvalue weighted by Crippen LogP contribution is 2.26. The largest absolute Gasteiger partial charge is 0.374 e. The molecule has 4 heteroatoms. The van der Waals surface area contributed by atoms with Crippen LogP contribution in [0.2, 0.25) is 0 Å². The molecule has 1 unspecified atom stereocenters. The summed E-state index contributed by atoms with van der Waals surface area (Å²) in [5.74, 6) is 0. The fraction of sp³-hybridized carbons (Fsp3) is 0.727. The summed E-state index contributed by atoms with van der Waals surface area (Å²) in [5, 5.41) is 4.21. The highest BCUT2D eigenvalue weighted by atomic mass is 16.5. The average Bonchev–Trinajstić information content (AvgIpc) is 2.64. The molecule has 0 bridgehead atoms. The molecule has 0 aliphatic heterocycles. The van der Waals surface area contributed by atoms with Crippen LogP contribution in [0.25, 0.3) is 0 Å². The Morgan fingerprint density at radius 2 is 2.20 bits per heavy atom. The van der Waals surface area contributed by atoms with Crippen LogP contribution in [0.15, 0.2) is 12.4 Å². The van der Waals surface area contributed by atoms with Crippen molar-refractivity contribution in [3.63, 3.8) is 0 Å². The molecule has 2 N–H and O–H groups in total. The third kappa shape index (κ3) is 2.79. The van der Waals surface area contributed by atoms with Gasteiger partial charge in [-0.25, -0.2) is 0 Å². The Bertz CT molecular complexity index is 307. The summed E-state index contributed by atoms with van der Waals surface area (Å²) in [6.45, 7) is 9.57. The average molecular weight is 211 g/mol. The lowest BCUT2D eigenvalue weighted by atomic mass is 9.95. The molecule has 1 atom stereocenters. The Balaban J connectivity index is 2.78. The number of hydrogen-bond acceptors (Lipinski definition) is 3. The first-order valence-corrected chi connectivity index (χ1v) is 5.43. The standard InChI is InChI=1S/C11H21N3O/c1-5-14-8-9(7-13-14)10(12)11(3,4)15-6-2/h7-8,10H,5-6,12H2,1-4H3. The van der Waals surface area contributed by atoms with Gasteiger partial charge < -0.3 is 10.5 Å². The SMILES string of the molecule is CCOC(C)(C)C(N)c1cnn(CC)c1. The van der Waals surface area contributed by atoms with E-state index in [4.69, 9.17) is 10.5 Å². The Hall–Kier alpha value is -0.870. The van der Waals surface area contributed by atoms with E-state index >= 15 is 0 Å². The molecule has 0 saturated heterocycles. The molecule has 0 aliphatic carbocycles. The van der Waals surface area contributed by atoms with Crippen LogP contribution in [-0.2, 0) is 11.3 Å². The van der Waals surface area contributed by atoms with E-state index in [1.807, 2.05) is 37.8 Å². The van der Waals surface area contributed by atoms with Crippen LogP contribution in [0.1, 0.15) is 39.3 Å². The van der Waals surface area contributed by atoms with Gasteiger partial charge in [-0.05, 0) is 27.7 Å². The van der Waals surface area contributed by atoms with E-state index in [0.29, 0.717) is 6.61 Å². The van der Waals surface area contributed by atoms with Gasteiger partial charge in [-0.15, -0.1) is 0 Å². The maximum absolute atomic E-state index is 6.15. The fourth-order valence-electron chi connectivity index (χ4n) is 1.58. The van der Waals surface area contributed by atoms with Crippen molar-refractivity contribution in [1.29, 1.82) is 0 Å². The Labute approximate surface area is 91.4 Å². The van der Waals surface area contributed by atoms with Gasteiger partial charge in [0.15, 0.2) is 0 Å². The van der Waals surface area contributed by atoms with Crippen LogP contribution in [0.3, 0.4) is 0 Å². The zero-order valence-corrected chi connectivity index (χ0v) is 10.0. The van der Waals surface area contributed by atoms with E-state index in [0.717, 1.165) is 12.1 Å². The highest BCUT2D eigenvalue weighted by Gasteiger charge is 2.28. The quantitative estimate of drug-likeness (QED) is 0.806. The fourth-order valence-corrected chi connectivity index (χ4v) is 1.58. The number of nitrogens with two attached hydrogens (primary N) is 1. The predicted molar refractivity (Wildman–Crippen MR) is 60.5 cm³/mol. The first-order valence-electron chi connectivity index (χ1n) is 5.43. The van der Waals surface area contributed by atoms with Crippen LogP contribution >= 0.6 is 0 Å². The van der Waals surface area contributed by atoms with E-state index in [1.165, 1.54) is 0 Å². The van der Waals surface area contributed by atoms with E-state index in [9.17, 15) is 0 Å². The number of ether oxygens (including phenoxy) is 1. The van der Waals surface area contributed by atoms with Gasteiger partial charge in [-0.1, -0.05) is 0 Å². The van der Waals surface area contributed by atoms with Crippen LogP contribution in [0, 0.1) is 0 Å². The first kappa shape index (κ1) is 12.2. The molecule has 0 radical (unpaired) electrons. The number of rotatable bonds is 5. The Morgan fingerprint density at radius 3 is 2.67 bits per heavy atom. The second-order valence-corrected chi connectivity index (χ2v) is 4.14. The van der Waals surface area contributed by atoms with Gasteiger partial charge in [0.2, 0.25) is 0 Å². The van der Waals surface area contributed by atoms with Crippen molar-refractivity contribution in [2.75, 3.05) is 6.61 Å². The van der Waals surface area contributed by atoms with Crippen molar-refractivity contribution in [3.05, 3.63) is 18.0 Å². The van der Waals surface area contributed by atoms with Crippen molar-refractivity contribution in [2.24, 2.45) is 5.73 Å². The molecule has 0 spiro atoms. The van der Waals surface area contributed by atoms with Gasteiger partial charge in [0.1, 0.15) is 0 Å². The van der Waals surface area contributed by atoms with Crippen molar-refractivity contribution < 1.29 is 4.74 Å². The molecular formula is C11H21N3O. The normalized spacial score (nSPS) is 14.2. The second-order valence-electron chi connectivity index (χ2n) is 4.14. The third-order valence-corrected chi connectivity index (χ3v) is 2.60. The monoisotopic (exact) mass is 211 g/mol. The molecule has 1 heterocycles. The molecule has 0 fully saturated rings. The molecule has 0 saturated carbocycles. The summed E-state index contributed by atoms with van der Waals surface area (Å²) < 4.78 is 7.50. The van der Waals surface area contributed by atoms with E-state index < -0.39 is 0 Å². The summed E-state index contributed by atoms with van der Waals surface area (Å²) in [5.41, 5.74) is 6.82. The minimum absolute atomic E-state index is 0.141. The number of hydrogen-bond donors (Lipinski definition) is 1. The van der Waals surface area contributed by atoms with Crippen molar-refractivity contribution in [2.45, 2.75) is 45.9 Å². The van der Waals surface area contributed by atoms with Crippen molar-refractivity contribution in [3.8, 4) is 0 Å². The third-order valence-electron chi connectivity index (χ3n) is 2.60. The first-order chi connectivity index (χ1) is 7.01. The lowest BCUT2D eigenvalue weighted by Gasteiger charge is -2.30. The van der Waals surface area contributed by atoms with Gasteiger partial charge in [-0.2, -0.15) is 5.10 Å². The van der Waals surface area contributed by atoms with Gasteiger partial charge in [0.05, 0.1) is 17.8 Å². The lowest BCUT2D eigenvalue weighted by Crippen LogP contribution is -2.38. The number of aryl methyl sites for hydroxylation is 1. The van der Waals surface area contributed by atoms with Crippen LogP contribution in [0.4, 0.5) is 0 Å². The Morgan fingerprint density at radius 1 is 1.53 bits per heavy atom. The topological polar surface area (TPSA) is 53.1 Å². The zero-order valence-electron chi connectivity index (χ0n) is 10.0. The minimum atomic E-state index is -0.351. The molecule has 4 nitrogen and oxygen atoms in total. The maximum Gasteiger partial charge on any atom is 0.0819 e. The summed E-state index contributed by atoms with van der Waals surface area (Å²) in [6.07, 6.45) is 3.79. The summed E-state index contributed by atoms with van der Waals surface area (Å²) in [4.78, 5) is 0. The van der Waals surface area contributed by atoms with E-state index in [-0.39, 0.29) is 11.6 Å². The summed E-state index contributed by atoms with van der Waals surface area (Å²) in [6, 6.07) is -0.141. The summed E-state index contributed by atoms with van der Waals surface area (Å²) in [7, 11) is 0. The predicted octanol–water partition coefficient (Wildman–Crippen LogP) is 1.72. The molecule has 0 aromatic carbocycles. The molecular weight excluding hydrogens is 190 g/mol. The van der Waals surface area contributed by atoms with Crippen molar-refractivity contribution in [1.82, 2.24) is 9.78 Å². The molecule has 0 amide bonds. The second kappa shape index (κ2) is 4.77. The molecule has 1 rings (SSSR count). The van der Waals surface area contributed by atoms with Gasteiger partial charge in [-0.3, -0.25) is 4.68 Å². The van der Waals surface area contributed by atoms with E-state index in [2.05, 4.69) is 12.0 Å². The Kier molecular flexibility index (Phi) is 3.88. The minimum Gasteiger partial charge on any atom is -0.374 e. The lowest BCUT2D eigenvalue weighted by molar-refractivity contribution is -0.0298. The molecule has 1 aromatic rings. The smallest absolute Gasteiger partial charge is 0.0819 e. The summed E-state index contributed by atoms with van der Waals surface area (Å²) >= 11 is 0. The van der Waals surface area contributed by atoms with E-state index in [1.54, 1.807) is 0 Å². The molecule has 1 aromatic heterocycles. The van der Waals surface area contributed by atoms with Crippen LogP contribution in [0.5, 0.6) is 0 Å². The number of nitrogens with zero attached hydrogens (tertiary/aromatic N) is 2. The zero-order chi connectivity index (χ0) is 11.5. The molecule has 86 valence electrons. The molecule has 0 aliphatic rings.